The van der Waals surface area contributed by atoms with Crippen LogP contribution in [-0.4, -0.2) is 33.2 Å². The number of benzene rings is 1. The van der Waals surface area contributed by atoms with Crippen LogP contribution in [0.3, 0.4) is 0 Å². The number of hydrogen-bond donors (Lipinski definition) is 2. The average molecular weight is 415 g/mol. The van der Waals surface area contributed by atoms with Crippen LogP contribution in [0.15, 0.2) is 40.9 Å². The molecule has 1 aromatic carbocycles. The molecule has 0 radical (unpaired) electrons. The van der Waals surface area contributed by atoms with Gasteiger partial charge in [-0.15, -0.1) is 5.10 Å². The van der Waals surface area contributed by atoms with Crippen molar-refractivity contribution in [2.45, 2.75) is 37.8 Å². The van der Waals surface area contributed by atoms with Gasteiger partial charge in [0.05, 0.1) is 0 Å². The normalized spacial score (nSPS) is 18.7. The number of anilines is 1. The molecule has 0 saturated heterocycles. The van der Waals surface area contributed by atoms with E-state index in [1.54, 1.807) is 18.3 Å². The van der Waals surface area contributed by atoms with Crippen LogP contribution in [0.5, 0.6) is 5.88 Å². The molecule has 0 bridgehead atoms. The number of primary amides is 1. The molecule has 1 fully saturated rings. The van der Waals surface area contributed by atoms with E-state index >= 15 is 0 Å². The first kappa shape index (κ1) is 19.7. The zero-order chi connectivity index (χ0) is 21.1. The maximum atomic E-state index is 13.4. The Kier molecular flexibility index (Phi) is 5.55. The second-order valence-corrected chi connectivity index (χ2v) is 7.00. The molecule has 2 aromatic heterocycles. The van der Waals surface area contributed by atoms with E-state index in [-0.39, 0.29) is 35.5 Å². The Morgan fingerprint density at radius 2 is 1.93 bits per heavy atom. The smallest absolute Gasteiger partial charge is 0.315 e. The number of nitrogens with zero attached hydrogens (tertiary/aromatic N) is 3. The number of ether oxygens (including phenoxy) is 1. The highest BCUT2D eigenvalue weighted by molar-refractivity contribution is 5.94. The highest BCUT2D eigenvalue weighted by Crippen LogP contribution is 2.27. The lowest BCUT2D eigenvalue weighted by Gasteiger charge is -2.28. The molecule has 1 amide bonds. The van der Waals surface area contributed by atoms with Crippen LogP contribution in [0.25, 0.3) is 11.5 Å². The molecule has 1 saturated carbocycles. The number of rotatable bonds is 6. The molecular weight excluding hydrogens is 396 g/mol. The van der Waals surface area contributed by atoms with Gasteiger partial charge in [0.2, 0.25) is 11.8 Å². The highest BCUT2D eigenvalue weighted by Gasteiger charge is 2.25. The summed E-state index contributed by atoms with van der Waals surface area (Å²) < 4.78 is 37.8. The van der Waals surface area contributed by atoms with E-state index in [0.717, 1.165) is 37.8 Å². The predicted molar refractivity (Wildman–Crippen MR) is 103 cm³/mol. The lowest BCUT2D eigenvalue weighted by molar-refractivity contribution is 0.0983. The predicted octanol–water partition coefficient (Wildman–Crippen LogP) is 3.31. The fourth-order valence-corrected chi connectivity index (χ4v) is 3.36. The molecule has 2 heterocycles. The van der Waals surface area contributed by atoms with Gasteiger partial charge < -0.3 is 20.2 Å². The summed E-state index contributed by atoms with van der Waals surface area (Å²) in [4.78, 5) is 15.6. The van der Waals surface area contributed by atoms with Crippen LogP contribution in [0.4, 0.5) is 14.8 Å². The Labute approximate surface area is 170 Å². The van der Waals surface area contributed by atoms with E-state index in [1.165, 1.54) is 6.07 Å². The molecule has 1 aliphatic carbocycles. The Morgan fingerprint density at radius 3 is 2.67 bits per heavy atom. The largest absolute Gasteiger partial charge is 0.474 e. The molecule has 1 aliphatic rings. The Morgan fingerprint density at radius 1 is 1.13 bits per heavy atom. The van der Waals surface area contributed by atoms with Gasteiger partial charge >= 0.3 is 6.01 Å². The van der Waals surface area contributed by atoms with Crippen LogP contribution >= 0.6 is 0 Å². The van der Waals surface area contributed by atoms with Crippen molar-refractivity contribution >= 4 is 11.9 Å². The van der Waals surface area contributed by atoms with Gasteiger partial charge in [-0.3, -0.25) is 4.79 Å². The number of nitrogens with one attached hydrogen (secondary N) is 1. The lowest BCUT2D eigenvalue weighted by atomic mass is 9.93. The van der Waals surface area contributed by atoms with Crippen LogP contribution < -0.4 is 15.8 Å². The van der Waals surface area contributed by atoms with Crippen molar-refractivity contribution in [2.24, 2.45) is 5.73 Å². The van der Waals surface area contributed by atoms with Gasteiger partial charge in [-0.2, -0.15) is 0 Å². The van der Waals surface area contributed by atoms with E-state index in [9.17, 15) is 13.6 Å². The number of nitrogens with two attached hydrogens (primary N) is 1. The molecule has 10 heteroatoms. The topological polar surface area (TPSA) is 116 Å². The molecule has 156 valence electrons. The van der Waals surface area contributed by atoms with Gasteiger partial charge in [0.15, 0.2) is 11.6 Å². The van der Waals surface area contributed by atoms with Crippen molar-refractivity contribution in [3.8, 4) is 17.3 Å². The van der Waals surface area contributed by atoms with E-state index < -0.39 is 17.5 Å². The van der Waals surface area contributed by atoms with E-state index in [0.29, 0.717) is 5.56 Å². The zero-order valence-corrected chi connectivity index (χ0v) is 15.8. The second-order valence-electron chi connectivity index (χ2n) is 7.00. The summed E-state index contributed by atoms with van der Waals surface area (Å²) in [5, 5.41) is 11.0. The first-order chi connectivity index (χ1) is 14.5. The fourth-order valence-electron chi connectivity index (χ4n) is 3.36. The molecule has 3 N–H and O–H groups in total. The third-order valence-electron chi connectivity index (χ3n) is 4.91. The first-order valence-electron chi connectivity index (χ1n) is 9.46. The van der Waals surface area contributed by atoms with Gasteiger partial charge in [-0.1, -0.05) is 5.10 Å². The van der Waals surface area contributed by atoms with E-state index in [2.05, 4.69) is 20.5 Å². The molecule has 8 nitrogen and oxygen atoms in total. The summed E-state index contributed by atoms with van der Waals surface area (Å²) >= 11 is 0. The average Bonchev–Trinajstić information content (AvgIpc) is 3.20. The van der Waals surface area contributed by atoms with E-state index in [4.69, 9.17) is 14.9 Å². The summed E-state index contributed by atoms with van der Waals surface area (Å²) in [6.07, 6.45) is 4.47. The maximum absolute atomic E-state index is 13.4. The number of carbonyl (C=O) groups excluding carboxylic acids is 1. The highest BCUT2D eigenvalue weighted by atomic mass is 19.2. The van der Waals surface area contributed by atoms with Crippen molar-refractivity contribution in [1.29, 1.82) is 0 Å². The monoisotopic (exact) mass is 415 g/mol. The number of amides is 1. The van der Waals surface area contributed by atoms with Crippen molar-refractivity contribution in [3.63, 3.8) is 0 Å². The van der Waals surface area contributed by atoms with Crippen LogP contribution in [0.1, 0.15) is 36.0 Å². The van der Waals surface area contributed by atoms with Gasteiger partial charge in [0, 0.05) is 17.8 Å². The van der Waals surface area contributed by atoms with Crippen LogP contribution in [0, 0.1) is 11.6 Å². The summed E-state index contributed by atoms with van der Waals surface area (Å²) in [6, 6.07) is 6.89. The maximum Gasteiger partial charge on any atom is 0.315 e. The molecular formula is C20H19F2N5O3. The summed E-state index contributed by atoms with van der Waals surface area (Å²) in [7, 11) is 0. The van der Waals surface area contributed by atoms with Gasteiger partial charge in [0.25, 0.3) is 5.91 Å². The first-order valence-corrected chi connectivity index (χ1v) is 9.46. The third kappa shape index (κ3) is 4.37. The third-order valence-corrected chi connectivity index (χ3v) is 4.91. The van der Waals surface area contributed by atoms with Crippen LogP contribution in [-0.2, 0) is 0 Å². The van der Waals surface area contributed by atoms with Crippen LogP contribution in [0.2, 0.25) is 0 Å². The van der Waals surface area contributed by atoms with Gasteiger partial charge in [-0.05, 0) is 56.0 Å². The SMILES string of the molecule is NC(=O)c1cccnc1OC1CCC(Nc2nnc(-c3ccc(F)c(F)c3)o2)CC1. The Balaban J connectivity index is 1.33. The summed E-state index contributed by atoms with van der Waals surface area (Å²) in [6.45, 7) is 0. The lowest BCUT2D eigenvalue weighted by Crippen LogP contribution is -2.32. The van der Waals surface area contributed by atoms with E-state index in [1.807, 2.05) is 0 Å². The molecule has 3 aromatic rings. The molecule has 0 aliphatic heterocycles. The molecule has 4 rings (SSSR count). The summed E-state index contributed by atoms with van der Waals surface area (Å²) in [5.74, 6) is -2.16. The minimum absolute atomic E-state index is 0.0856. The molecule has 0 unspecified atom stereocenters. The van der Waals surface area contributed by atoms with Crippen molar-refractivity contribution in [3.05, 3.63) is 53.7 Å². The zero-order valence-electron chi connectivity index (χ0n) is 15.8. The summed E-state index contributed by atoms with van der Waals surface area (Å²) in [5.41, 5.74) is 5.91. The molecule has 0 spiro atoms. The number of halogens is 2. The number of pyridine rings is 1. The van der Waals surface area contributed by atoms with Crippen molar-refractivity contribution < 1.29 is 22.7 Å². The minimum atomic E-state index is -0.981. The van der Waals surface area contributed by atoms with Crippen molar-refractivity contribution in [2.75, 3.05) is 5.32 Å². The standard InChI is InChI=1S/C20H19F2N5O3/c21-15-8-3-11(10-16(15)22)18-26-27-20(30-18)25-12-4-6-13(7-5-12)29-19-14(17(23)28)2-1-9-24-19/h1-3,8-10,12-13H,4-7H2,(H2,23,28)(H,25,27). The second kappa shape index (κ2) is 8.44. The number of hydrogen-bond acceptors (Lipinski definition) is 7. The Bertz CT molecular complexity index is 1050. The van der Waals surface area contributed by atoms with Crippen molar-refractivity contribution in [1.82, 2.24) is 15.2 Å². The number of carbonyl (C=O) groups is 1. The number of aromatic nitrogens is 3. The molecule has 0 atom stereocenters. The minimum Gasteiger partial charge on any atom is -0.474 e. The fraction of sp³-hybridized carbons (Fsp3) is 0.300. The van der Waals surface area contributed by atoms with Gasteiger partial charge in [-0.25, -0.2) is 13.8 Å². The quantitative estimate of drug-likeness (QED) is 0.634. The van der Waals surface area contributed by atoms with Gasteiger partial charge in [0.1, 0.15) is 11.7 Å². The Hall–Kier alpha value is -3.56. The molecule has 30 heavy (non-hydrogen) atoms.